The van der Waals surface area contributed by atoms with Crippen LogP contribution in [0.2, 0.25) is 0 Å². The lowest BCUT2D eigenvalue weighted by Crippen LogP contribution is -2.35. The van der Waals surface area contributed by atoms with Crippen molar-refractivity contribution in [3.05, 3.63) is 57.9 Å². The van der Waals surface area contributed by atoms with Gasteiger partial charge in [0.25, 0.3) is 5.91 Å². The molecule has 2 aliphatic heterocycles. The zero-order valence-corrected chi connectivity index (χ0v) is 20.1. The molecule has 0 aliphatic carbocycles. The highest BCUT2D eigenvalue weighted by molar-refractivity contribution is 8.42. The van der Waals surface area contributed by atoms with Gasteiger partial charge in [-0.2, -0.15) is 10.0 Å². The first kappa shape index (κ1) is 22.2. The predicted molar refractivity (Wildman–Crippen MR) is 129 cm³/mol. The highest BCUT2D eigenvalue weighted by atomic mass is 32.3. The summed E-state index contributed by atoms with van der Waals surface area (Å²) in [4.78, 5) is 16.7. The summed E-state index contributed by atoms with van der Waals surface area (Å²) in [6.07, 6.45) is 1.62. The van der Waals surface area contributed by atoms with Gasteiger partial charge in [-0.1, -0.05) is 13.0 Å². The molecule has 0 fully saturated rings. The van der Waals surface area contributed by atoms with Gasteiger partial charge in [-0.15, -0.1) is 5.10 Å². The normalized spacial score (nSPS) is 17.7. The van der Waals surface area contributed by atoms with E-state index in [4.69, 9.17) is 5.41 Å². The van der Waals surface area contributed by atoms with E-state index in [1.165, 1.54) is 6.92 Å². The zero-order valence-electron chi connectivity index (χ0n) is 18.4. The topological polar surface area (TPSA) is 108 Å². The van der Waals surface area contributed by atoms with E-state index in [0.29, 0.717) is 0 Å². The summed E-state index contributed by atoms with van der Waals surface area (Å²) < 4.78 is 26.3. The number of nitrogens with zero attached hydrogens (tertiary/aromatic N) is 4. The Morgan fingerprint density at radius 2 is 1.75 bits per heavy atom. The second kappa shape index (κ2) is 7.86. The number of sulfone groups is 1. The molecule has 0 bridgehead atoms. The number of hydrazone groups is 1. The van der Waals surface area contributed by atoms with Crippen LogP contribution in [-0.4, -0.2) is 45.0 Å². The summed E-state index contributed by atoms with van der Waals surface area (Å²) >= 11 is 0.797. The number of thioether (sulfide) groups is 1. The van der Waals surface area contributed by atoms with Crippen molar-refractivity contribution in [2.75, 3.05) is 5.75 Å². The van der Waals surface area contributed by atoms with Gasteiger partial charge >= 0.3 is 0 Å². The van der Waals surface area contributed by atoms with E-state index in [1.54, 1.807) is 6.08 Å². The Bertz CT molecular complexity index is 1360. The molecule has 0 unspecified atom stereocenters. The number of hydrogen-bond donors (Lipinski definition) is 1. The fourth-order valence-corrected chi connectivity index (χ4v) is 5.95. The molecular formula is C22H23N5O3S2. The number of fused-ring (bicyclic) bond motifs is 1. The van der Waals surface area contributed by atoms with Crippen molar-refractivity contribution < 1.29 is 13.2 Å². The molecule has 0 radical (unpaired) electrons. The van der Waals surface area contributed by atoms with Gasteiger partial charge in [0.15, 0.2) is 5.84 Å². The molecule has 2 aromatic rings. The van der Waals surface area contributed by atoms with E-state index in [1.807, 2.05) is 33.8 Å². The number of amides is 1. The van der Waals surface area contributed by atoms with E-state index in [9.17, 15) is 13.2 Å². The third kappa shape index (κ3) is 3.73. The van der Waals surface area contributed by atoms with Crippen LogP contribution in [-0.2, 0) is 14.6 Å². The molecule has 1 aromatic carbocycles. The molecule has 0 spiro atoms. The van der Waals surface area contributed by atoms with Crippen molar-refractivity contribution in [3.8, 4) is 5.69 Å². The van der Waals surface area contributed by atoms with Crippen LogP contribution in [0.5, 0.6) is 0 Å². The van der Waals surface area contributed by atoms with E-state index in [2.05, 4.69) is 32.9 Å². The molecule has 1 amide bonds. The number of aryl methyl sites for hydroxylation is 3. The van der Waals surface area contributed by atoms with Crippen LogP contribution in [0.1, 0.15) is 35.0 Å². The first-order valence-corrected chi connectivity index (χ1v) is 12.5. The van der Waals surface area contributed by atoms with Gasteiger partial charge in [-0.25, -0.2) is 8.42 Å². The zero-order chi connectivity index (χ0) is 23.4. The average molecular weight is 470 g/mol. The molecular weight excluding hydrogens is 446 g/mol. The monoisotopic (exact) mass is 469 g/mol. The van der Waals surface area contributed by atoms with Crippen LogP contribution < -0.4 is 0 Å². The maximum atomic E-state index is 12.7. The van der Waals surface area contributed by atoms with E-state index >= 15 is 0 Å². The quantitative estimate of drug-likeness (QED) is 0.689. The Morgan fingerprint density at radius 3 is 2.38 bits per heavy atom. The minimum Gasteiger partial charge on any atom is -0.318 e. The molecule has 8 nitrogen and oxygen atoms in total. The number of rotatable bonds is 3. The Hall–Kier alpha value is -2.98. The van der Waals surface area contributed by atoms with Crippen molar-refractivity contribution in [1.82, 2.24) is 9.58 Å². The van der Waals surface area contributed by atoms with Gasteiger partial charge in [0.2, 0.25) is 19.4 Å². The number of aliphatic imine (C=N–C) groups is 1. The number of nitrogens with one attached hydrogen (secondary N) is 1. The number of carbonyl (C=O) groups excluding carboxylic acids is 1. The summed E-state index contributed by atoms with van der Waals surface area (Å²) in [5.74, 6) is -0.894. The predicted octanol–water partition coefficient (Wildman–Crippen LogP) is 3.72. The average Bonchev–Trinajstić information content (AvgIpc) is 3.25. The van der Waals surface area contributed by atoms with Crippen molar-refractivity contribution >= 4 is 49.0 Å². The number of benzene rings is 1. The van der Waals surface area contributed by atoms with E-state index in [-0.39, 0.29) is 26.7 Å². The largest absolute Gasteiger partial charge is 0.318 e. The molecule has 0 atom stereocenters. The maximum Gasteiger partial charge on any atom is 0.283 e. The molecule has 0 saturated carbocycles. The van der Waals surface area contributed by atoms with E-state index < -0.39 is 15.7 Å². The first-order valence-electron chi connectivity index (χ1n) is 10.0. The number of hydrogen-bond acceptors (Lipinski definition) is 6. The standard InChI is InChI=1S/C22H23N5O3S2/c1-6-32(29,30)22-25-27-19(23)18(20(28)24-21(27)31-22)11-16-10-14(4)26(15(16)5)17-8-12(2)7-13(3)9-17/h7-11,23H,6H2,1-5H3/b18-11+,23-19?. The van der Waals surface area contributed by atoms with Gasteiger partial charge in [0.05, 0.1) is 11.3 Å². The Morgan fingerprint density at radius 1 is 1.09 bits per heavy atom. The lowest BCUT2D eigenvalue weighted by atomic mass is 10.1. The molecule has 3 heterocycles. The van der Waals surface area contributed by atoms with Crippen molar-refractivity contribution in [2.24, 2.45) is 10.1 Å². The summed E-state index contributed by atoms with van der Waals surface area (Å²) in [5, 5.41) is 13.7. The second-order valence-electron chi connectivity index (χ2n) is 7.80. The summed E-state index contributed by atoms with van der Waals surface area (Å²) in [7, 11) is -3.56. The van der Waals surface area contributed by atoms with Crippen LogP contribution in [0.25, 0.3) is 11.8 Å². The Balaban J connectivity index is 1.76. The number of amidine groups is 2. The lowest BCUT2D eigenvalue weighted by Gasteiger charge is -2.20. The van der Waals surface area contributed by atoms with Crippen molar-refractivity contribution in [2.45, 2.75) is 34.6 Å². The fraction of sp³-hybridized carbons (Fsp3) is 0.273. The maximum absolute atomic E-state index is 12.7. The lowest BCUT2D eigenvalue weighted by molar-refractivity contribution is -0.114. The summed E-state index contributed by atoms with van der Waals surface area (Å²) in [5.41, 5.74) is 6.09. The van der Waals surface area contributed by atoms with Crippen LogP contribution in [0, 0.1) is 33.1 Å². The summed E-state index contributed by atoms with van der Waals surface area (Å²) in [6.45, 7) is 9.56. The van der Waals surface area contributed by atoms with Crippen LogP contribution in [0.3, 0.4) is 0 Å². The van der Waals surface area contributed by atoms with Crippen LogP contribution >= 0.6 is 11.8 Å². The van der Waals surface area contributed by atoms with Crippen LogP contribution in [0.4, 0.5) is 0 Å². The van der Waals surface area contributed by atoms with Gasteiger partial charge in [0, 0.05) is 17.1 Å². The highest BCUT2D eigenvalue weighted by Gasteiger charge is 2.39. The van der Waals surface area contributed by atoms with Gasteiger partial charge < -0.3 is 4.57 Å². The molecule has 0 saturated heterocycles. The second-order valence-corrected chi connectivity index (χ2v) is 11.2. The summed E-state index contributed by atoms with van der Waals surface area (Å²) in [6, 6.07) is 8.26. The number of aromatic nitrogens is 1. The first-order chi connectivity index (χ1) is 15.0. The van der Waals surface area contributed by atoms with Gasteiger partial charge in [-0.05, 0) is 80.4 Å². The molecule has 1 N–H and O–H groups in total. The Labute approximate surface area is 191 Å². The number of carbonyl (C=O) groups is 1. The van der Waals surface area contributed by atoms with E-state index in [0.717, 1.165) is 50.5 Å². The van der Waals surface area contributed by atoms with Gasteiger partial charge in [0.1, 0.15) is 0 Å². The molecule has 10 heteroatoms. The highest BCUT2D eigenvalue weighted by Crippen LogP contribution is 2.31. The minimum atomic E-state index is -3.56. The minimum absolute atomic E-state index is 0.0638. The van der Waals surface area contributed by atoms with Crippen molar-refractivity contribution in [1.29, 1.82) is 5.41 Å². The molecule has 4 rings (SSSR count). The smallest absolute Gasteiger partial charge is 0.283 e. The third-order valence-corrected chi connectivity index (χ3v) is 8.41. The molecule has 32 heavy (non-hydrogen) atoms. The van der Waals surface area contributed by atoms with Crippen LogP contribution in [0.15, 0.2) is 39.9 Å². The SMILES string of the molecule is CCS(=O)(=O)C1=NN2C(=N)/C(=C\c3cc(C)n(-c4cc(C)cc(C)c4)c3C)C(=O)N=C2S1. The molecule has 2 aliphatic rings. The Kier molecular flexibility index (Phi) is 5.46. The van der Waals surface area contributed by atoms with Gasteiger partial charge in [-0.3, -0.25) is 10.2 Å². The molecule has 166 valence electrons. The van der Waals surface area contributed by atoms with Crippen molar-refractivity contribution in [3.63, 3.8) is 0 Å². The molecule has 1 aromatic heterocycles. The third-order valence-electron chi connectivity index (χ3n) is 5.32. The fourth-order valence-electron chi connectivity index (χ4n) is 3.79.